The van der Waals surface area contributed by atoms with Crippen LogP contribution in [0.5, 0.6) is 5.75 Å². The molecule has 0 heterocycles. The second-order valence-corrected chi connectivity index (χ2v) is 6.06. The molecular formula is C18H30IN3O2. The van der Waals surface area contributed by atoms with E-state index < -0.39 is 0 Å². The minimum absolute atomic E-state index is 0. The Morgan fingerprint density at radius 1 is 1.33 bits per heavy atom. The summed E-state index contributed by atoms with van der Waals surface area (Å²) in [6, 6.07) is 8.36. The molecule has 136 valence electrons. The first-order valence-electron chi connectivity index (χ1n) is 8.47. The number of nitrogens with zero attached hydrogens (tertiary/aromatic N) is 1. The van der Waals surface area contributed by atoms with Gasteiger partial charge in [0, 0.05) is 25.3 Å². The highest BCUT2D eigenvalue weighted by molar-refractivity contribution is 14.0. The molecule has 24 heavy (non-hydrogen) atoms. The van der Waals surface area contributed by atoms with Crippen molar-refractivity contribution in [2.45, 2.75) is 39.3 Å². The highest BCUT2D eigenvalue weighted by atomic mass is 127. The van der Waals surface area contributed by atoms with Crippen molar-refractivity contribution in [3.05, 3.63) is 29.8 Å². The molecule has 2 rings (SSSR count). The number of methoxy groups -OCH3 is 1. The zero-order valence-electron chi connectivity index (χ0n) is 14.9. The van der Waals surface area contributed by atoms with Crippen LogP contribution in [-0.2, 0) is 11.3 Å². The summed E-state index contributed by atoms with van der Waals surface area (Å²) in [6.07, 6.45) is 2.60. The summed E-state index contributed by atoms with van der Waals surface area (Å²) in [5.41, 5.74) is 1.12. The second-order valence-electron chi connectivity index (χ2n) is 6.06. The molecular weight excluding hydrogens is 417 g/mol. The van der Waals surface area contributed by atoms with Gasteiger partial charge in [-0.2, -0.15) is 0 Å². The number of hydrogen-bond donors (Lipinski definition) is 2. The number of ether oxygens (including phenoxy) is 2. The molecule has 5 nitrogen and oxygen atoms in total. The number of para-hydroxylation sites is 1. The number of rotatable bonds is 9. The molecule has 0 amide bonds. The molecule has 1 aromatic carbocycles. The number of benzene rings is 1. The Bertz CT molecular complexity index is 507. The topological polar surface area (TPSA) is 54.9 Å². The summed E-state index contributed by atoms with van der Waals surface area (Å²) in [4.78, 5) is 4.67. The molecule has 6 heteroatoms. The molecule has 0 bridgehead atoms. The smallest absolute Gasteiger partial charge is 0.191 e. The fraction of sp³-hybridized carbons (Fsp3) is 0.611. The van der Waals surface area contributed by atoms with Gasteiger partial charge in [0.2, 0.25) is 0 Å². The molecule has 1 aromatic rings. The van der Waals surface area contributed by atoms with Crippen molar-refractivity contribution >= 4 is 29.9 Å². The van der Waals surface area contributed by atoms with E-state index in [2.05, 4.69) is 35.5 Å². The van der Waals surface area contributed by atoms with E-state index in [9.17, 15) is 0 Å². The maximum Gasteiger partial charge on any atom is 0.191 e. The average molecular weight is 447 g/mol. The van der Waals surface area contributed by atoms with Crippen LogP contribution in [0.25, 0.3) is 0 Å². The van der Waals surface area contributed by atoms with Gasteiger partial charge in [-0.05, 0) is 38.7 Å². The molecule has 2 N–H and O–H groups in total. The summed E-state index contributed by atoms with van der Waals surface area (Å²) in [5, 5.41) is 6.61. The minimum Gasteiger partial charge on any atom is -0.493 e. The Morgan fingerprint density at radius 2 is 2.08 bits per heavy atom. The highest BCUT2D eigenvalue weighted by Gasteiger charge is 2.22. The van der Waals surface area contributed by atoms with Crippen LogP contribution < -0.4 is 15.4 Å². The molecule has 1 aliphatic rings. The van der Waals surface area contributed by atoms with E-state index in [0.717, 1.165) is 36.3 Å². The minimum atomic E-state index is 0. The lowest BCUT2D eigenvalue weighted by Crippen LogP contribution is -2.43. The van der Waals surface area contributed by atoms with E-state index in [0.29, 0.717) is 13.2 Å². The van der Waals surface area contributed by atoms with E-state index in [4.69, 9.17) is 9.47 Å². The molecule has 0 aliphatic heterocycles. The van der Waals surface area contributed by atoms with Crippen molar-refractivity contribution in [1.82, 2.24) is 10.6 Å². The first kappa shape index (κ1) is 21.0. The lowest BCUT2D eigenvalue weighted by Gasteiger charge is -2.17. The molecule has 1 fully saturated rings. The monoisotopic (exact) mass is 447 g/mol. The van der Waals surface area contributed by atoms with Gasteiger partial charge in [0.25, 0.3) is 0 Å². The third-order valence-electron chi connectivity index (χ3n) is 3.70. The van der Waals surface area contributed by atoms with Crippen LogP contribution >= 0.6 is 24.0 Å². The Balaban J connectivity index is 0.00000288. The Labute approximate surface area is 162 Å². The quantitative estimate of drug-likeness (QED) is 0.347. The van der Waals surface area contributed by atoms with E-state index >= 15 is 0 Å². The van der Waals surface area contributed by atoms with Crippen molar-refractivity contribution in [2.24, 2.45) is 10.9 Å². The van der Waals surface area contributed by atoms with Crippen LogP contribution in [0, 0.1) is 5.92 Å². The van der Waals surface area contributed by atoms with Gasteiger partial charge in [0.15, 0.2) is 5.96 Å². The molecule has 1 saturated carbocycles. The van der Waals surface area contributed by atoms with Crippen LogP contribution in [-0.4, -0.2) is 38.9 Å². The lowest BCUT2D eigenvalue weighted by atomic mass is 10.2. The second kappa shape index (κ2) is 11.5. The van der Waals surface area contributed by atoms with E-state index in [1.807, 2.05) is 18.2 Å². The van der Waals surface area contributed by atoms with Gasteiger partial charge >= 0.3 is 0 Å². The molecule has 0 spiro atoms. The normalized spacial score (nSPS) is 15.4. The summed E-state index contributed by atoms with van der Waals surface area (Å²) in [5.74, 6) is 2.50. The van der Waals surface area contributed by atoms with Gasteiger partial charge in [0.1, 0.15) is 5.75 Å². The number of nitrogens with one attached hydrogen (secondary N) is 2. The number of aliphatic imine (C=N–C) groups is 1. The molecule has 1 aliphatic carbocycles. The van der Waals surface area contributed by atoms with Crippen molar-refractivity contribution in [2.75, 3.05) is 26.9 Å². The van der Waals surface area contributed by atoms with Crippen LogP contribution in [0.3, 0.4) is 0 Å². The average Bonchev–Trinajstić information content (AvgIpc) is 3.36. The third-order valence-corrected chi connectivity index (χ3v) is 3.70. The fourth-order valence-corrected chi connectivity index (χ4v) is 2.28. The summed E-state index contributed by atoms with van der Waals surface area (Å²) < 4.78 is 11.1. The summed E-state index contributed by atoms with van der Waals surface area (Å²) >= 11 is 0. The maximum absolute atomic E-state index is 5.94. The largest absolute Gasteiger partial charge is 0.493 e. The zero-order valence-corrected chi connectivity index (χ0v) is 17.2. The van der Waals surface area contributed by atoms with Gasteiger partial charge in [-0.25, -0.2) is 4.99 Å². The number of halogens is 1. The van der Waals surface area contributed by atoms with E-state index in [1.54, 1.807) is 7.11 Å². The van der Waals surface area contributed by atoms with Crippen LogP contribution in [0.15, 0.2) is 29.3 Å². The SMILES string of the molecule is CCNC(=NCc1ccccc1OCC1CC1)NC(C)COC.I. The predicted octanol–water partition coefficient (Wildman–Crippen LogP) is 3.18. The van der Waals surface area contributed by atoms with E-state index in [1.165, 1.54) is 12.8 Å². The highest BCUT2D eigenvalue weighted by Crippen LogP contribution is 2.30. The van der Waals surface area contributed by atoms with Crippen LogP contribution in [0.4, 0.5) is 0 Å². The van der Waals surface area contributed by atoms with Gasteiger partial charge < -0.3 is 20.1 Å². The van der Waals surface area contributed by atoms with Gasteiger partial charge in [0.05, 0.1) is 19.8 Å². The zero-order chi connectivity index (χ0) is 16.5. The van der Waals surface area contributed by atoms with Gasteiger partial charge in [-0.1, -0.05) is 18.2 Å². The van der Waals surface area contributed by atoms with Crippen LogP contribution in [0.1, 0.15) is 32.3 Å². The maximum atomic E-state index is 5.94. The Morgan fingerprint density at radius 3 is 2.75 bits per heavy atom. The van der Waals surface area contributed by atoms with Crippen molar-refractivity contribution in [1.29, 1.82) is 0 Å². The first-order chi connectivity index (χ1) is 11.2. The molecule has 0 radical (unpaired) electrons. The number of hydrogen-bond acceptors (Lipinski definition) is 3. The first-order valence-corrected chi connectivity index (χ1v) is 8.47. The van der Waals surface area contributed by atoms with E-state index in [-0.39, 0.29) is 30.0 Å². The molecule has 0 saturated heterocycles. The van der Waals surface area contributed by atoms with Crippen molar-refractivity contribution in [3.8, 4) is 5.75 Å². The summed E-state index contributed by atoms with van der Waals surface area (Å²) in [6.45, 7) is 7.02. The Hall–Kier alpha value is -1.02. The van der Waals surface area contributed by atoms with Crippen LogP contribution in [0.2, 0.25) is 0 Å². The Kier molecular flexibility index (Phi) is 10.1. The molecule has 1 atom stereocenters. The fourth-order valence-electron chi connectivity index (χ4n) is 2.28. The molecule has 0 aromatic heterocycles. The predicted molar refractivity (Wildman–Crippen MR) is 109 cm³/mol. The third kappa shape index (κ3) is 7.70. The summed E-state index contributed by atoms with van der Waals surface area (Å²) in [7, 11) is 1.70. The van der Waals surface area contributed by atoms with Crippen molar-refractivity contribution in [3.63, 3.8) is 0 Å². The van der Waals surface area contributed by atoms with Gasteiger partial charge in [-0.15, -0.1) is 24.0 Å². The standard InChI is InChI=1S/C18H29N3O2.HI/c1-4-19-18(21-14(2)12-22-3)20-11-16-7-5-6-8-17(16)23-13-15-9-10-15;/h5-8,14-15H,4,9-13H2,1-3H3,(H2,19,20,21);1H. The molecule has 1 unspecified atom stereocenters. The van der Waals surface area contributed by atoms with Crippen molar-refractivity contribution < 1.29 is 9.47 Å². The number of guanidine groups is 1. The lowest BCUT2D eigenvalue weighted by molar-refractivity contribution is 0.179. The van der Waals surface area contributed by atoms with Gasteiger partial charge in [-0.3, -0.25) is 0 Å².